The zero-order chi connectivity index (χ0) is 19.4. The average molecular weight is 463 g/mol. The SMILES string of the molecule is O=C(O)CCCN1C(=O)/C(=C/c2cnccc2-c2ccc(Br)cc2)SC1=S. The van der Waals surface area contributed by atoms with Crippen LogP contribution in [0, 0.1) is 0 Å². The van der Waals surface area contributed by atoms with Gasteiger partial charge in [0.1, 0.15) is 4.32 Å². The van der Waals surface area contributed by atoms with Crippen molar-refractivity contribution in [3.8, 4) is 11.1 Å². The number of carboxylic acid groups (broad SMARTS) is 1. The number of thiocarbonyl (C=S) groups is 1. The molecule has 8 heteroatoms. The molecule has 5 nitrogen and oxygen atoms in total. The van der Waals surface area contributed by atoms with Crippen molar-refractivity contribution in [3.05, 3.63) is 57.7 Å². The average Bonchev–Trinajstić information content (AvgIpc) is 2.90. The summed E-state index contributed by atoms with van der Waals surface area (Å²) in [5.74, 6) is -1.08. The molecule has 0 spiro atoms. The number of benzene rings is 1. The maximum absolute atomic E-state index is 12.7. The summed E-state index contributed by atoms with van der Waals surface area (Å²) in [5.41, 5.74) is 2.81. The maximum Gasteiger partial charge on any atom is 0.303 e. The van der Waals surface area contributed by atoms with Crippen LogP contribution in [-0.2, 0) is 9.59 Å². The summed E-state index contributed by atoms with van der Waals surface area (Å²) in [6.07, 6.45) is 5.60. The number of carbonyl (C=O) groups excluding carboxylic acids is 1. The third-order valence-electron chi connectivity index (χ3n) is 3.94. The summed E-state index contributed by atoms with van der Waals surface area (Å²) < 4.78 is 1.44. The Labute approximate surface area is 174 Å². The number of rotatable bonds is 6. The molecule has 2 heterocycles. The van der Waals surface area contributed by atoms with Crippen molar-refractivity contribution < 1.29 is 14.7 Å². The molecule has 0 aliphatic carbocycles. The van der Waals surface area contributed by atoms with Crippen LogP contribution in [0.4, 0.5) is 0 Å². The second-order valence-electron chi connectivity index (χ2n) is 5.80. The predicted octanol–water partition coefficient (Wildman–Crippen LogP) is 4.58. The van der Waals surface area contributed by atoms with E-state index in [9.17, 15) is 9.59 Å². The largest absolute Gasteiger partial charge is 0.481 e. The molecule has 0 bridgehead atoms. The van der Waals surface area contributed by atoms with E-state index in [-0.39, 0.29) is 12.3 Å². The van der Waals surface area contributed by atoms with E-state index in [2.05, 4.69) is 20.9 Å². The summed E-state index contributed by atoms with van der Waals surface area (Å²) in [7, 11) is 0. The number of carboxylic acids is 1. The predicted molar refractivity (Wildman–Crippen MR) is 114 cm³/mol. The highest BCUT2D eigenvalue weighted by Crippen LogP contribution is 2.34. The Morgan fingerprint density at radius 2 is 2.04 bits per heavy atom. The van der Waals surface area contributed by atoms with Gasteiger partial charge in [-0.1, -0.05) is 52.0 Å². The second-order valence-corrected chi connectivity index (χ2v) is 8.39. The number of halogens is 1. The first-order chi connectivity index (χ1) is 13.0. The van der Waals surface area contributed by atoms with Crippen molar-refractivity contribution in [1.82, 2.24) is 9.88 Å². The quantitative estimate of drug-likeness (QED) is 0.500. The summed E-state index contributed by atoms with van der Waals surface area (Å²) >= 11 is 9.95. The van der Waals surface area contributed by atoms with Crippen molar-refractivity contribution in [2.75, 3.05) is 6.54 Å². The maximum atomic E-state index is 12.7. The lowest BCUT2D eigenvalue weighted by molar-refractivity contribution is -0.137. The van der Waals surface area contributed by atoms with Gasteiger partial charge in [-0.15, -0.1) is 0 Å². The Kier molecular flexibility index (Phi) is 6.41. The number of amides is 1. The Morgan fingerprint density at radius 1 is 1.30 bits per heavy atom. The normalized spacial score (nSPS) is 15.6. The third kappa shape index (κ3) is 4.82. The first-order valence-electron chi connectivity index (χ1n) is 8.13. The monoisotopic (exact) mass is 462 g/mol. The number of pyridine rings is 1. The fourth-order valence-corrected chi connectivity index (χ4v) is 4.20. The first kappa shape index (κ1) is 19.7. The summed E-state index contributed by atoms with van der Waals surface area (Å²) in [4.78, 5) is 29.5. The van der Waals surface area contributed by atoms with Gasteiger partial charge in [0.15, 0.2) is 0 Å². The van der Waals surface area contributed by atoms with E-state index in [1.165, 1.54) is 16.7 Å². The van der Waals surface area contributed by atoms with Gasteiger partial charge in [-0.25, -0.2) is 0 Å². The van der Waals surface area contributed by atoms with Crippen molar-refractivity contribution in [2.45, 2.75) is 12.8 Å². The van der Waals surface area contributed by atoms with Gasteiger partial charge in [-0.2, -0.15) is 0 Å². The van der Waals surface area contributed by atoms with Crippen LogP contribution in [0.3, 0.4) is 0 Å². The van der Waals surface area contributed by atoms with Gasteiger partial charge in [0.2, 0.25) is 0 Å². The Balaban J connectivity index is 1.85. The van der Waals surface area contributed by atoms with E-state index in [4.69, 9.17) is 17.3 Å². The second kappa shape index (κ2) is 8.77. The van der Waals surface area contributed by atoms with Crippen molar-refractivity contribution in [1.29, 1.82) is 0 Å². The number of hydrogen-bond acceptors (Lipinski definition) is 5. The van der Waals surface area contributed by atoms with Gasteiger partial charge in [0.05, 0.1) is 4.91 Å². The molecule has 138 valence electrons. The molecule has 0 radical (unpaired) electrons. The fraction of sp³-hybridized carbons (Fsp3) is 0.158. The number of hydrogen-bond donors (Lipinski definition) is 1. The summed E-state index contributed by atoms with van der Waals surface area (Å²) in [6.45, 7) is 0.306. The summed E-state index contributed by atoms with van der Waals surface area (Å²) in [5, 5.41) is 8.76. The van der Waals surface area contributed by atoms with Crippen molar-refractivity contribution in [3.63, 3.8) is 0 Å². The van der Waals surface area contributed by atoms with E-state index >= 15 is 0 Å². The zero-order valence-electron chi connectivity index (χ0n) is 14.1. The molecule has 1 amide bonds. The first-order valence-corrected chi connectivity index (χ1v) is 10.1. The van der Waals surface area contributed by atoms with E-state index in [1.807, 2.05) is 30.3 Å². The lowest BCUT2D eigenvalue weighted by atomic mass is 10.0. The van der Waals surface area contributed by atoms with Gasteiger partial charge in [-0.3, -0.25) is 19.5 Å². The number of thioether (sulfide) groups is 1. The fourth-order valence-electron chi connectivity index (χ4n) is 2.64. The lowest BCUT2D eigenvalue weighted by Crippen LogP contribution is -2.29. The number of nitrogens with zero attached hydrogens (tertiary/aromatic N) is 2. The zero-order valence-corrected chi connectivity index (χ0v) is 17.3. The molecule has 0 saturated carbocycles. The standard InChI is InChI=1S/C19H15BrN2O3S2/c20-14-5-3-12(4-6-14)15-7-8-21-11-13(15)10-16-18(25)22(19(26)27-16)9-1-2-17(23)24/h3-8,10-11H,1-2,9H2,(H,23,24)/b16-10-. The van der Waals surface area contributed by atoms with E-state index in [1.54, 1.807) is 18.5 Å². The molecular formula is C19H15BrN2O3S2. The molecule has 27 heavy (non-hydrogen) atoms. The minimum absolute atomic E-state index is 0.00638. The molecule has 1 aromatic carbocycles. The molecule has 3 rings (SSSR count). The number of carbonyl (C=O) groups is 2. The van der Waals surface area contributed by atoms with E-state index < -0.39 is 5.97 Å². The van der Waals surface area contributed by atoms with Gasteiger partial charge in [-0.05, 0) is 41.8 Å². The molecule has 1 N–H and O–H groups in total. The van der Waals surface area contributed by atoms with E-state index in [0.717, 1.165) is 21.2 Å². The molecule has 0 unspecified atom stereocenters. The minimum Gasteiger partial charge on any atom is -0.481 e. The molecule has 1 aliphatic rings. The third-order valence-corrected chi connectivity index (χ3v) is 5.85. The molecule has 1 saturated heterocycles. The van der Waals surface area contributed by atoms with Crippen LogP contribution in [0.15, 0.2) is 52.1 Å². The number of aromatic nitrogens is 1. The van der Waals surface area contributed by atoms with Gasteiger partial charge >= 0.3 is 5.97 Å². The van der Waals surface area contributed by atoms with E-state index in [0.29, 0.717) is 22.2 Å². The van der Waals surface area contributed by atoms with Crippen LogP contribution in [0.25, 0.3) is 17.2 Å². The number of aliphatic carboxylic acids is 1. The highest BCUT2D eigenvalue weighted by Gasteiger charge is 2.31. The molecular weight excluding hydrogens is 448 g/mol. The summed E-state index contributed by atoms with van der Waals surface area (Å²) in [6, 6.07) is 9.81. The molecule has 1 fully saturated rings. The van der Waals surface area contributed by atoms with Crippen LogP contribution in [-0.4, -0.2) is 37.7 Å². The molecule has 1 aliphatic heterocycles. The van der Waals surface area contributed by atoms with Crippen LogP contribution < -0.4 is 0 Å². The Hall–Kier alpha value is -2.03. The Bertz CT molecular complexity index is 929. The highest BCUT2D eigenvalue weighted by molar-refractivity contribution is 9.10. The van der Waals surface area contributed by atoms with Crippen molar-refractivity contribution >= 4 is 62.2 Å². The van der Waals surface area contributed by atoms with Gasteiger partial charge in [0.25, 0.3) is 5.91 Å². The van der Waals surface area contributed by atoms with Crippen LogP contribution in [0.2, 0.25) is 0 Å². The highest BCUT2D eigenvalue weighted by atomic mass is 79.9. The Morgan fingerprint density at radius 3 is 2.74 bits per heavy atom. The lowest BCUT2D eigenvalue weighted by Gasteiger charge is -2.13. The molecule has 1 aromatic heterocycles. The topological polar surface area (TPSA) is 70.5 Å². The minimum atomic E-state index is -0.884. The molecule has 0 atom stereocenters. The van der Waals surface area contributed by atoms with Crippen LogP contribution in [0.5, 0.6) is 0 Å². The van der Waals surface area contributed by atoms with Gasteiger partial charge < -0.3 is 5.11 Å². The van der Waals surface area contributed by atoms with Crippen molar-refractivity contribution in [2.24, 2.45) is 0 Å². The smallest absolute Gasteiger partial charge is 0.303 e. The molecule has 2 aromatic rings. The van der Waals surface area contributed by atoms with Gasteiger partial charge in [0, 0.05) is 35.4 Å². The van der Waals surface area contributed by atoms with Crippen LogP contribution >= 0.6 is 39.9 Å². The van der Waals surface area contributed by atoms with Crippen LogP contribution in [0.1, 0.15) is 18.4 Å².